The van der Waals surface area contributed by atoms with Crippen molar-refractivity contribution in [1.29, 1.82) is 0 Å². The summed E-state index contributed by atoms with van der Waals surface area (Å²) in [6.07, 6.45) is -4.52. The molecule has 1 N–H and O–H groups in total. The number of hydrogen-bond donors (Lipinski definition) is 1. The first kappa shape index (κ1) is 25.7. The zero-order valence-electron chi connectivity index (χ0n) is 20.0. The second kappa shape index (κ2) is 10.5. The Morgan fingerprint density at radius 1 is 1.03 bits per heavy atom. The SMILES string of the molecule is Cc1ccc(-c2csc3nc(SCC(=O)Nc4cccc(C(F)(F)F)c4)n(-c4ccccc4)c(=O)c23)cc1. The first-order chi connectivity index (χ1) is 18.2. The van der Waals surface area contributed by atoms with E-state index in [0.29, 0.717) is 21.1 Å². The summed E-state index contributed by atoms with van der Waals surface area (Å²) < 4.78 is 40.5. The van der Waals surface area contributed by atoms with Crippen molar-refractivity contribution in [2.45, 2.75) is 18.3 Å². The van der Waals surface area contributed by atoms with Crippen LogP contribution in [-0.4, -0.2) is 21.2 Å². The van der Waals surface area contributed by atoms with Crippen molar-refractivity contribution in [3.05, 3.63) is 106 Å². The third-order valence-electron chi connectivity index (χ3n) is 5.76. The predicted molar refractivity (Wildman–Crippen MR) is 146 cm³/mol. The van der Waals surface area contributed by atoms with Crippen LogP contribution in [0.5, 0.6) is 0 Å². The summed E-state index contributed by atoms with van der Waals surface area (Å²) in [4.78, 5) is 31.7. The summed E-state index contributed by atoms with van der Waals surface area (Å²) in [6.45, 7) is 1.99. The van der Waals surface area contributed by atoms with Gasteiger partial charge in [0.15, 0.2) is 5.16 Å². The Bertz CT molecular complexity index is 1680. The molecule has 0 bridgehead atoms. The molecule has 0 spiro atoms. The molecule has 3 aromatic carbocycles. The van der Waals surface area contributed by atoms with Crippen LogP contribution < -0.4 is 10.9 Å². The van der Waals surface area contributed by atoms with Gasteiger partial charge in [-0.15, -0.1) is 11.3 Å². The van der Waals surface area contributed by atoms with Crippen LogP contribution in [0, 0.1) is 6.92 Å². The van der Waals surface area contributed by atoms with Crippen LogP contribution in [0.2, 0.25) is 0 Å². The van der Waals surface area contributed by atoms with Gasteiger partial charge in [0.05, 0.1) is 22.4 Å². The number of aromatic nitrogens is 2. The van der Waals surface area contributed by atoms with Crippen molar-refractivity contribution >= 4 is 44.9 Å². The van der Waals surface area contributed by atoms with Crippen LogP contribution in [-0.2, 0) is 11.0 Å². The van der Waals surface area contributed by atoms with E-state index >= 15 is 0 Å². The van der Waals surface area contributed by atoms with E-state index in [1.807, 2.05) is 42.6 Å². The van der Waals surface area contributed by atoms with Gasteiger partial charge in [-0.2, -0.15) is 13.2 Å². The number of thioether (sulfide) groups is 1. The Balaban J connectivity index is 1.48. The van der Waals surface area contributed by atoms with Crippen LogP contribution in [0.4, 0.5) is 18.9 Å². The van der Waals surface area contributed by atoms with E-state index in [9.17, 15) is 22.8 Å². The summed E-state index contributed by atoms with van der Waals surface area (Å²) in [7, 11) is 0. The van der Waals surface area contributed by atoms with Crippen molar-refractivity contribution in [3.63, 3.8) is 0 Å². The number of alkyl halides is 3. The van der Waals surface area contributed by atoms with Gasteiger partial charge in [-0.1, -0.05) is 65.9 Å². The average Bonchev–Trinajstić information content (AvgIpc) is 3.32. The fourth-order valence-corrected chi connectivity index (χ4v) is 5.72. The second-order valence-corrected chi connectivity index (χ2v) is 10.3. The first-order valence-electron chi connectivity index (χ1n) is 11.5. The third-order valence-corrected chi connectivity index (χ3v) is 7.57. The lowest BCUT2D eigenvalue weighted by Gasteiger charge is -2.13. The Labute approximate surface area is 224 Å². The molecule has 5 aromatic rings. The smallest absolute Gasteiger partial charge is 0.325 e. The molecule has 2 aromatic heterocycles. The van der Waals surface area contributed by atoms with Gasteiger partial charge in [0, 0.05) is 16.6 Å². The van der Waals surface area contributed by atoms with E-state index in [1.54, 1.807) is 24.3 Å². The van der Waals surface area contributed by atoms with Gasteiger partial charge in [0.1, 0.15) is 4.83 Å². The molecule has 0 unspecified atom stereocenters. The van der Waals surface area contributed by atoms with Crippen molar-refractivity contribution < 1.29 is 18.0 Å². The number of nitrogens with one attached hydrogen (secondary N) is 1. The van der Waals surface area contributed by atoms with Gasteiger partial charge < -0.3 is 5.32 Å². The van der Waals surface area contributed by atoms with Crippen molar-refractivity contribution in [1.82, 2.24) is 9.55 Å². The Hall–Kier alpha value is -3.89. The Morgan fingerprint density at radius 3 is 2.47 bits per heavy atom. The summed E-state index contributed by atoms with van der Waals surface area (Å²) in [6, 6.07) is 21.3. The van der Waals surface area contributed by atoms with Gasteiger partial charge in [0.25, 0.3) is 5.56 Å². The molecule has 0 saturated heterocycles. The average molecular weight is 552 g/mol. The summed E-state index contributed by atoms with van der Waals surface area (Å²) >= 11 is 2.38. The van der Waals surface area contributed by atoms with Crippen LogP contribution in [0.3, 0.4) is 0 Å². The number of rotatable bonds is 6. The lowest BCUT2D eigenvalue weighted by atomic mass is 10.1. The topological polar surface area (TPSA) is 64.0 Å². The summed E-state index contributed by atoms with van der Waals surface area (Å²) in [5.74, 6) is -0.674. The zero-order chi connectivity index (χ0) is 26.9. The number of carbonyl (C=O) groups excluding carboxylic acids is 1. The summed E-state index contributed by atoms with van der Waals surface area (Å²) in [5, 5.41) is 5.19. The minimum absolute atomic E-state index is 0.0373. The molecule has 38 heavy (non-hydrogen) atoms. The molecule has 5 rings (SSSR count). The van der Waals surface area contributed by atoms with Gasteiger partial charge in [-0.3, -0.25) is 14.2 Å². The predicted octanol–water partition coefficient (Wildman–Crippen LogP) is 7.17. The van der Waals surface area contributed by atoms with Crippen LogP contribution in [0.25, 0.3) is 27.0 Å². The molecule has 0 atom stereocenters. The molecular weight excluding hydrogens is 531 g/mol. The molecule has 5 nitrogen and oxygen atoms in total. The third kappa shape index (κ3) is 5.36. The van der Waals surface area contributed by atoms with E-state index in [0.717, 1.165) is 40.6 Å². The highest BCUT2D eigenvalue weighted by atomic mass is 32.2. The highest BCUT2D eigenvalue weighted by molar-refractivity contribution is 7.99. The molecule has 0 radical (unpaired) electrons. The Morgan fingerprint density at radius 2 is 1.76 bits per heavy atom. The van der Waals surface area contributed by atoms with Crippen LogP contribution in [0.1, 0.15) is 11.1 Å². The number of para-hydroxylation sites is 1. The number of fused-ring (bicyclic) bond motifs is 1. The van der Waals surface area contributed by atoms with E-state index < -0.39 is 17.6 Å². The molecule has 0 fully saturated rings. The maximum atomic E-state index is 13.8. The fourth-order valence-electron chi connectivity index (χ4n) is 3.92. The Kier molecular flexibility index (Phi) is 7.09. The van der Waals surface area contributed by atoms with E-state index in [-0.39, 0.29) is 17.0 Å². The van der Waals surface area contributed by atoms with Crippen molar-refractivity contribution in [3.8, 4) is 16.8 Å². The first-order valence-corrected chi connectivity index (χ1v) is 13.3. The maximum absolute atomic E-state index is 13.8. The number of hydrogen-bond acceptors (Lipinski definition) is 5. The normalized spacial score (nSPS) is 11.6. The lowest BCUT2D eigenvalue weighted by Crippen LogP contribution is -2.22. The monoisotopic (exact) mass is 551 g/mol. The summed E-state index contributed by atoms with van der Waals surface area (Å²) in [5.41, 5.74) is 2.31. The minimum atomic E-state index is -4.52. The zero-order valence-corrected chi connectivity index (χ0v) is 21.6. The van der Waals surface area contributed by atoms with Crippen molar-refractivity contribution in [2.24, 2.45) is 0 Å². The molecule has 2 heterocycles. The standard InChI is InChI=1S/C28H20F3N3O2S2/c1-17-10-12-18(13-11-17)22-15-37-25-24(22)26(36)34(21-8-3-2-4-9-21)27(33-25)38-16-23(35)32-20-7-5-6-19(14-20)28(29,30)31/h2-15H,16H2,1H3,(H,32,35). The minimum Gasteiger partial charge on any atom is -0.325 e. The van der Waals surface area contributed by atoms with Gasteiger partial charge >= 0.3 is 6.18 Å². The number of carbonyl (C=O) groups is 1. The molecule has 0 aliphatic rings. The second-order valence-electron chi connectivity index (χ2n) is 8.48. The highest BCUT2D eigenvalue weighted by Crippen LogP contribution is 2.34. The van der Waals surface area contributed by atoms with Crippen LogP contribution >= 0.6 is 23.1 Å². The molecular formula is C28H20F3N3O2S2. The number of aryl methyl sites for hydroxylation is 1. The highest BCUT2D eigenvalue weighted by Gasteiger charge is 2.30. The lowest BCUT2D eigenvalue weighted by molar-refractivity contribution is -0.137. The number of thiophene rings is 1. The molecule has 0 aliphatic carbocycles. The number of halogens is 3. The molecule has 10 heteroatoms. The molecule has 0 aliphatic heterocycles. The molecule has 192 valence electrons. The maximum Gasteiger partial charge on any atom is 0.416 e. The number of benzene rings is 3. The van der Waals surface area contributed by atoms with E-state index in [2.05, 4.69) is 5.32 Å². The van der Waals surface area contributed by atoms with Crippen molar-refractivity contribution in [2.75, 3.05) is 11.1 Å². The van der Waals surface area contributed by atoms with Gasteiger partial charge in [-0.25, -0.2) is 4.98 Å². The fraction of sp³-hybridized carbons (Fsp3) is 0.107. The van der Waals surface area contributed by atoms with Crippen LogP contribution in [0.15, 0.2) is 94.2 Å². The van der Waals surface area contributed by atoms with E-state index in [4.69, 9.17) is 4.98 Å². The molecule has 0 saturated carbocycles. The molecule has 1 amide bonds. The number of amides is 1. The van der Waals surface area contributed by atoms with E-state index in [1.165, 1.54) is 28.0 Å². The van der Waals surface area contributed by atoms with Gasteiger partial charge in [0.2, 0.25) is 5.91 Å². The largest absolute Gasteiger partial charge is 0.416 e. The van der Waals surface area contributed by atoms with Gasteiger partial charge in [-0.05, 0) is 42.8 Å². The number of nitrogens with zero attached hydrogens (tertiary/aromatic N) is 2. The quantitative estimate of drug-likeness (QED) is 0.180. The number of anilines is 1.